The van der Waals surface area contributed by atoms with Gasteiger partial charge in [0.15, 0.2) is 0 Å². The molecular formula is C17H26O4. The molecule has 0 aromatic heterocycles. The Hall–Kier alpha value is -1.32. The summed E-state index contributed by atoms with van der Waals surface area (Å²) in [7, 11) is 0. The van der Waals surface area contributed by atoms with Crippen LogP contribution in [0.2, 0.25) is 0 Å². The van der Waals surface area contributed by atoms with Crippen molar-refractivity contribution in [2.75, 3.05) is 0 Å². The third kappa shape index (κ3) is 3.86. The van der Waals surface area contributed by atoms with Crippen LogP contribution in [0.25, 0.3) is 0 Å². The Morgan fingerprint density at radius 2 is 1.57 bits per heavy atom. The molecule has 0 amide bonds. The van der Waals surface area contributed by atoms with Crippen molar-refractivity contribution in [3.63, 3.8) is 0 Å². The van der Waals surface area contributed by atoms with E-state index in [2.05, 4.69) is 13.5 Å². The molecule has 3 unspecified atom stereocenters. The highest BCUT2D eigenvalue weighted by atomic mass is 16.6. The predicted octanol–water partition coefficient (Wildman–Crippen LogP) is 3.54. The summed E-state index contributed by atoms with van der Waals surface area (Å²) in [6.07, 6.45) is 9.80. The number of fused-ring (bicyclic) bond motifs is 1. The summed E-state index contributed by atoms with van der Waals surface area (Å²) in [6.45, 7) is 5.97. The molecular weight excluding hydrogens is 268 g/mol. The van der Waals surface area contributed by atoms with Crippen molar-refractivity contribution in [1.29, 1.82) is 0 Å². The van der Waals surface area contributed by atoms with Crippen molar-refractivity contribution in [3.05, 3.63) is 12.2 Å². The van der Waals surface area contributed by atoms with E-state index in [1.807, 2.05) is 0 Å². The molecule has 2 saturated heterocycles. The van der Waals surface area contributed by atoms with Crippen molar-refractivity contribution >= 4 is 11.9 Å². The third-order valence-corrected chi connectivity index (χ3v) is 4.47. The summed E-state index contributed by atoms with van der Waals surface area (Å²) in [6, 6.07) is 0. The number of hydrogen-bond acceptors (Lipinski definition) is 4. The number of unbranched alkanes of at least 4 members (excludes halogenated alkanes) is 7. The molecule has 0 aliphatic carbocycles. The molecule has 21 heavy (non-hydrogen) atoms. The quantitative estimate of drug-likeness (QED) is 0.371. The van der Waals surface area contributed by atoms with E-state index in [0.29, 0.717) is 5.57 Å². The molecule has 0 aromatic rings. The fraction of sp³-hybridized carbons (Fsp3) is 0.765. The number of ether oxygens (including phenoxy) is 2. The van der Waals surface area contributed by atoms with Crippen molar-refractivity contribution in [3.8, 4) is 0 Å². The topological polar surface area (TPSA) is 52.6 Å². The normalized spacial score (nSPS) is 27.7. The number of cyclic esters (lactones) is 1. The van der Waals surface area contributed by atoms with Gasteiger partial charge >= 0.3 is 11.9 Å². The van der Waals surface area contributed by atoms with Crippen LogP contribution in [0, 0.1) is 5.92 Å². The smallest absolute Gasteiger partial charge is 0.348 e. The summed E-state index contributed by atoms with van der Waals surface area (Å²) in [5.41, 5.74) is 0.399. The van der Waals surface area contributed by atoms with Crippen LogP contribution >= 0.6 is 0 Å². The second-order valence-corrected chi connectivity index (χ2v) is 6.12. The van der Waals surface area contributed by atoms with Gasteiger partial charge in [0.2, 0.25) is 6.10 Å². The monoisotopic (exact) mass is 294 g/mol. The fourth-order valence-corrected chi connectivity index (χ4v) is 3.20. The highest BCUT2D eigenvalue weighted by Crippen LogP contribution is 2.39. The van der Waals surface area contributed by atoms with Crippen molar-refractivity contribution < 1.29 is 19.1 Å². The average Bonchev–Trinajstić information content (AvgIpc) is 2.92. The summed E-state index contributed by atoms with van der Waals surface area (Å²) in [4.78, 5) is 23.1. The first-order valence-electron chi connectivity index (χ1n) is 8.25. The lowest BCUT2D eigenvalue weighted by Crippen LogP contribution is -2.21. The number of esters is 2. The van der Waals surface area contributed by atoms with Crippen LogP contribution in [0.5, 0.6) is 0 Å². The van der Waals surface area contributed by atoms with Crippen molar-refractivity contribution in [1.82, 2.24) is 0 Å². The molecule has 0 spiro atoms. The van der Waals surface area contributed by atoms with Gasteiger partial charge in [-0.05, 0) is 12.8 Å². The fourth-order valence-electron chi connectivity index (χ4n) is 3.20. The molecule has 2 aliphatic heterocycles. The second kappa shape index (κ2) is 7.62. The minimum atomic E-state index is -0.732. The van der Waals surface area contributed by atoms with Gasteiger partial charge in [-0.15, -0.1) is 0 Å². The SMILES string of the molecule is C=C1C(=O)OC2C(=O)OC(CCCCCCCCCC)C12. The molecule has 0 N–H and O–H groups in total. The largest absolute Gasteiger partial charge is 0.459 e. The maximum atomic E-state index is 11.7. The van der Waals surface area contributed by atoms with Gasteiger partial charge in [0.25, 0.3) is 0 Å². The molecule has 4 nitrogen and oxygen atoms in total. The molecule has 2 aliphatic rings. The van der Waals surface area contributed by atoms with Gasteiger partial charge in [-0.3, -0.25) is 0 Å². The van der Waals surface area contributed by atoms with Crippen LogP contribution in [0.15, 0.2) is 12.2 Å². The van der Waals surface area contributed by atoms with Crippen molar-refractivity contribution in [2.45, 2.75) is 76.9 Å². The zero-order valence-corrected chi connectivity index (χ0v) is 12.9. The zero-order valence-electron chi connectivity index (χ0n) is 12.9. The molecule has 0 radical (unpaired) electrons. The first kappa shape index (κ1) is 16.1. The molecule has 3 atom stereocenters. The van der Waals surface area contributed by atoms with E-state index in [0.717, 1.165) is 19.3 Å². The van der Waals surface area contributed by atoms with Gasteiger partial charge in [0, 0.05) is 5.57 Å². The standard InChI is InChI=1S/C17H26O4/c1-3-4-5-6-7-8-9-10-11-13-14-12(2)16(18)21-15(14)17(19)20-13/h13-15H,2-11H2,1H3. The minimum Gasteiger partial charge on any atom is -0.459 e. The summed E-state index contributed by atoms with van der Waals surface area (Å²) < 4.78 is 10.3. The second-order valence-electron chi connectivity index (χ2n) is 6.12. The Morgan fingerprint density at radius 1 is 0.952 bits per heavy atom. The number of rotatable bonds is 9. The van der Waals surface area contributed by atoms with E-state index < -0.39 is 18.0 Å². The van der Waals surface area contributed by atoms with Gasteiger partial charge in [-0.2, -0.15) is 0 Å². The predicted molar refractivity (Wildman–Crippen MR) is 79.6 cm³/mol. The summed E-state index contributed by atoms with van der Waals surface area (Å²) in [5.74, 6) is -1.10. The van der Waals surface area contributed by atoms with Crippen LogP contribution in [0.4, 0.5) is 0 Å². The number of hydrogen-bond donors (Lipinski definition) is 0. The lowest BCUT2D eigenvalue weighted by Gasteiger charge is -2.14. The number of carbonyl (C=O) groups is 2. The maximum Gasteiger partial charge on any atom is 0.348 e. The first-order chi connectivity index (χ1) is 10.1. The van der Waals surface area contributed by atoms with E-state index in [4.69, 9.17) is 9.47 Å². The zero-order chi connectivity index (χ0) is 15.2. The minimum absolute atomic E-state index is 0.221. The van der Waals surface area contributed by atoms with Crippen LogP contribution in [-0.4, -0.2) is 24.1 Å². The van der Waals surface area contributed by atoms with Gasteiger partial charge in [-0.1, -0.05) is 58.4 Å². The van der Waals surface area contributed by atoms with E-state index in [1.165, 1.54) is 38.5 Å². The Morgan fingerprint density at radius 3 is 2.24 bits per heavy atom. The van der Waals surface area contributed by atoms with Gasteiger partial charge in [0.1, 0.15) is 6.10 Å². The lowest BCUT2D eigenvalue weighted by molar-refractivity contribution is -0.156. The highest BCUT2D eigenvalue weighted by molar-refractivity contribution is 5.97. The molecule has 0 saturated carbocycles. The Bertz CT molecular complexity index is 402. The van der Waals surface area contributed by atoms with E-state index in [1.54, 1.807) is 0 Å². The Labute approximate surface area is 126 Å². The first-order valence-corrected chi connectivity index (χ1v) is 8.25. The van der Waals surface area contributed by atoms with Crippen LogP contribution < -0.4 is 0 Å². The number of carbonyl (C=O) groups excluding carboxylic acids is 2. The molecule has 0 bridgehead atoms. The molecule has 4 heteroatoms. The highest BCUT2D eigenvalue weighted by Gasteiger charge is 2.54. The van der Waals surface area contributed by atoms with E-state index in [-0.39, 0.29) is 12.0 Å². The molecule has 2 rings (SSSR count). The Kier molecular flexibility index (Phi) is 5.83. The summed E-state index contributed by atoms with van der Waals surface area (Å²) in [5, 5.41) is 0. The molecule has 118 valence electrons. The average molecular weight is 294 g/mol. The lowest BCUT2D eigenvalue weighted by atomic mass is 9.90. The maximum absolute atomic E-state index is 11.7. The molecule has 0 aromatic carbocycles. The third-order valence-electron chi connectivity index (χ3n) is 4.47. The Balaban J connectivity index is 1.64. The van der Waals surface area contributed by atoms with Crippen LogP contribution in [0.1, 0.15) is 64.7 Å². The van der Waals surface area contributed by atoms with Crippen LogP contribution in [-0.2, 0) is 19.1 Å². The van der Waals surface area contributed by atoms with E-state index >= 15 is 0 Å². The molecule has 2 fully saturated rings. The van der Waals surface area contributed by atoms with Crippen molar-refractivity contribution in [2.24, 2.45) is 5.92 Å². The van der Waals surface area contributed by atoms with Gasteiger partial charge in [-0.25, -0.2) is 9.59 Å². The van der Waals surface area contributed by atoms with Gasteiger partial charge in [0.05, 0.1) is 5.92 Å². The summed E-state index contributed by atoms with van der Waals surface area (Å²) >= 11 is 0. The van der Waals surface area contributed by atoms with E-state index in [9.17, 15) is 9.59 Å². The molecule has 2 heterocycles. The van der Waals surface area contributed by atoms with Crippen LogP contribution in [0.3, 0.4) is 0 Å². The van der Waals surface area contributed by atoms with Gasteiger partial charge < -0.3 is 9.47 Å².